The molecule has 0 N–H and O–H groups in total. The zero-order valence-electron chi connectivity index (χ0n) is 18.9. The van der Waals surface area contributed by atoms with E-state index in [-0.39, 0.29) is 25.0 Å². The summed E-state index contributed by atoms with van der Waals surface area (Å²) in [5.74, 6) is -0.581. The quantitative estimate of drug-likeness (QED) is 0.327. The summed E-state index contributed by atoms with van der Waals surface area (Å²) < 4.78 is 27.9. The lowest BCUT2D eigenvalue weighted by atomic mass is 9.73. The van der Waals surface area contributed by atoms with Crippen molar-refractivity contribution >= 4 is 24.5 Å². The number of methoxy groups -OCH3 is 2. The van der Waals surface area contributed by atoms with E-state index in [0.29, 0.717) is 25.9 Å². The second kappa shape index (κ2) is 10.4. The Morgan fingerprint density at radius 1 is 0.900 bits per heavy atom. The molecule has 0 spiro atoms. The predicted octanol–water partition coefficient (Wildman–Crippen LogP) is 2.91. The number of ether oxygens (including phenoxy) is 3. The van der Waals surface area contributed by atoms with Gasteiger partial charge in [0.1, 0.15) is 6.61 Å². The van der Waals surface area contributed by atoms with Crippen LogP contribution in [0.25, 0.3) is 0 Å². The number of benzene rings is 1. The molecule has 8 heteroatoms. The van der Waals surface area contributed by atoms with Crippen LogP contribution in [-0.4, -0.2) is 44.5 Å². The lowest BCUT2D eigenvalue weighted by Gasteiger charge is -2.32. The third-order valence-corrected chi connectivity index (χ3v) is 5.70. The van der Waals surface area contributed by atoms with Crippen LogP contribution in [0.5, 0.6) is 0 Å². The second-order valence-corrected chi connectivity index (χ2v) is 8.46. The molecule has 166 valence electrons. The molecule has 1 aromatic carbocycles. The Bertz CT molecular complexity index is 729. The Balaban J connectivity index is 2.07. The number of carbonyl (C=O) groups excluding carboxylic acids is 2. The van der Waals surface area contributed by atoms with E-state index in [0.717, 1.165) is 16.6 Å². The monoisotopic (exact) mass is 420 g/mol. The SMILES string of the molecule is COCc1cccc(COC(=O)CCCCC(=O)OC)c1B1OC(C)(C)C(C)(C)O1. The molecular weight excluding hydrogens is 387 g/mol. The van der Waals surface area contributed by atoms with Gasteiger partial charge < -0.3 is 23.5 Å². The number of unbranched alkanes of at least 4 members (excludes halogenated alkanes) is 1. The van der Waals surface area contributed by atoms with Gasteiger partial charge in [0.15, 0.2) is 0 Å². The molecule has 1 aromatic rings. The Morgan fingerprint density at radius 2 is 1.43 bits per heavy atom. The molecule has 1 heterocycles. The van der Waals surface area contributed by atoms with Crippen molar-refractivity contribution in [1.82, 2.24) is 0 Å². The first-order valence-electron chi connectivity index (χ1n) is 10.3. The molecule has 1 fully saturated rings. The van der Waals surface area contributed by atoms with Gasteiger partial charge in [0.2, 0.25) is 0 Å². The molecule has 30 heavy (non-hydrogen) atoms. The molecule has 7 nitrogen and oxygen atoms in total. The minimum absolute atomic E-state index is 0.118. The molecule has 2 rings (SSSR count). The van der Waals surface area contributed by atoms with E-state index in [9.17, 15) is 9.59 Å². The lowest BCUT2D eigenvalue weighted by molar-refractivity contribution is -0.145. The smallest absolute Gasteiger partial charge is 0.469 e. The highest BCUT2D eigenvalue weighted by atomic mass is 16.7. The summed E-state index contributed by atoms with van der Waals surface area (Å²) in [5.41, 5.74) is 1.64. The van der Waals surface area contributed by atoms with Crippen molar-refractivity contribution in [2.24, 2.45) is 0 Å². The maximum atomic E-state index is 12.2. The van der Waals surface area contributed by atoms with E-state index in [4.69, 9.17) is 18.8 Å². The predicted molar refractivity (Wildman–Crippen MR) is 113 cm³/mol. The standard InChI is InChI=1S/C22H33BO7/c1-21(2)22(3,4)30-23(29-21)20-16(14-26-5)10-9-11-17(20)15-28-19(25)13-8-7-12-18(24)27-6/h9-11H,7-8,12-15H2,1-6H3. The van der Waals surface area contributed by atoms with Crippen molar-refractivity contribution in [3.05, 3.63) is 29.3 Å². The van der Waals surface area contributed by atoms with Gasteiger partial charge in [-0.1, -0.05) is 18.2 Å². The average Bonchev–Trinajstić information content (AvgIpc) is 2.90. The molecule has 0 unspecified atom stereocenters. The number of hydrogen-bond acceptors (Lipinski definition) is 7. The summed E-state index contributed by atoms with van der Waals surface area (Å²) in [6.45, 7) is 8.52. The molecular formula is C22H33BO7. The van der Waals surface area contributed by atoms with Gasteiger partial charge in [-0.15, -0.1) is 0 Å². The summed E-state index contributed by atoms with van der Waals surface area (Å²) in [4.78, 5) is 23.3. The molecule has 1 saturated heterocycles. The fraction of sp³-hybridized carbons (Fsp3) is 0.636. The van der Waals surface area contributed by atoms with Crippen LogP contribution in [0.1, 0.15) is 64.5 Å². The molecule has 0 atom stereocenters. The van der Waals surface area contributed by atoms with E-state index >= 15 is 0 Å². The Morgan fingerprint density at radius 3 is 1.97 bits per heavy atom. The maximum Gasteiger partial charge on any atom is 0.495 e. The third kappa shape index (κ3) is 6.06. The zero-order chi connectivity index (χ0) is 22.4. The first-order valence-corrected chi connectivity index (χ1v) is 10.3. The largest absolute Gasteiger partial charge is 0.495 e. The first kappa shape index (κ1) is 24.4. The van der Waals surface area contributed by atoms with E-state index in [1.165, 1.54) is 7.11 Å². The number of hydrogen-bond donors (Lipinski definition) is 0. The highest BCUT2D eigenvalue weighted by Gasteiger charge is 2.52. The second-order valence-electron chi connectivity index (χ2n) is 8.46. The third-order valence-electron chi connectivity index (χ3n) is 5.70. The Kier molecular flexibility index (Phi) is 8.47. The molecule has 0 radical (unpaired) electrons. The summed E-state index contributed by atoms with van der Waals surface area (Å²) in [5, 5.41) is 0. The van der Waals surface area contributed by atoms with Crippen molar-refractivity contribution < 1.29 is 33.1 Å². The maximum absolute atomic E-state index is 12.2. The molecule has 0 amide bonds. The molecule has 0 bridgehead atoms. The summed E-state index contributed by atoms with van der Waals surface area (Å²) >= 11 is 0. The number of carbonyl (C=O) groups is 2. The number of rotatable bonds is 10. The summed E-state index contributed by atoms with van der Waals surface area (Å²) in [6.07, 6.45) is 1.71. The van der Waals surface area contributed by atoms with Crippen LogP contribution in [0.4, 0.5) is 0 Å². The van der Waals surface area contributed by atoms with Crippen molar-refractivity contribution in [2.75, 3.05) is 14.2 Å². The van der Waals surface area contributed by atoms with Gasteiger partial charge in [-0.3, -0.25) is 9.59 Å². The van der Waals surface area contributed by atoms with E-state index in [2.05, 4.69) is 4.74 Å². The fourth-order valence-electron chi connectivity index (χ4n) is 3.21. The van der Waals surface area contributed by atoms with Crippen molar-refractivity contribution in [1.29, 1.82) is 0 Å². The van der Waals surface area contributed by atoms with Crippen LogP contribution in [0, 0.1) is 0 Å². The van der Waals surface area contributed by atoms with Crippen LogP contribution in [-0.2, 0) is 46.3 Å². The van der Waals surface area contributed by atoms with Crippen molar-refractivity contribution in [3.8, 4) is 0 Å². The van der Waals surface area contributed by atoms with E-state index in [1.54, 1.807) is 7.11 Å². The van der Waals surface area contributed by atoms with Crippen LogP contribution >= 0.6 is 0 Å². The molecule has 1 aliphatic rings. The number of esters is 2. The topological polar surface area (TPSA) is 80.3 Å². The van der Waals surface area contributed by atoms with E-state index in [1.807, 2.05) is 45.9 Å². The van der Waals surface area contributed by atoms with Crippen molar-refractivity contribution in [2.45, 2.75) is 77.8 Å². The van der Waals surface area contributed by atoms with Crippen LogP contribution in [0.15, 0.2) is 18.2 Å². The van der Waals surface area contributed by atoms with E-state index < -0.39 is 18.3 Å². The highest BCUT2D eigenvalue weighted by Crippen LogP contribution is 2.37. The van der Waals surface area contributed by atoms with Gasteiger partial charge in [0, 0.05) is 20.0 Å². The lowest BCUT2D eigenvalue weighted by Crippen LogP contribution is -2.41. The minimum atomic E-state index is -0.574. The van der Waals surface area contributed by atoms with Crippen molar-refractivity contribution in [3.63, 3.8) is 0 Å². The highest BCUT2D eigenvalue weighted by molar-refractivity contribution is 6.63. The molecule has 1 aliphatic heterocycles. The van der Waals surface area contributed by atoms with Gasteiger partial charge in [-0.05, 0) is 57.1 Å². The fourth-order valence-corrected chi connectivity index (χ4v) is 3.21. The Hall–Kier alpha value is -1.90. The molecule has 0 aliphatic carbocycles. The van der Waals surface area contributed by atoms with Gasteiger partial charge in [-0.2, -0.15) is 0 Å². The van der Waals surface area contributed by atoms with Gasteiger partial charge in [0.25, 0.3) is 0 Å². The first-order chi connectivity index (χ1) is 14.1. The summed E-state index contributed by atoms with van der Waals surface area (Å²) in [6, 6.07) is 5.77. The minimum Gasteiger partial charge on any atom is -0.469 e. The van der Waals surface area contributed by atoms with Gasteiger partial charge in [-0.25, -0.2) is 0 Å². The van der Waals surface area contributed by atoms with Gasteiger partial charge >= 0.3 is 19.1 Å². The zero-order valence-corrected chi connectivity index (χ0v) is 18.9. The van der Waals surface area contributed by atoms with Crippen LogP contribution in [0.3, 0.4) is 0 Å². The molecule has 0 aromatic heterocycles. The van der Waals surface area contributed by atoms with Crippen LogP contribution < -0.4 is 5.46 Å². The average molecular weight is 420 g/mol. The Labute approximate surface area is 179 Å². The molecule has 0 saturated carbocycles. The summed E-state index contributed by atoms with van der Waals surface area (Å²) in [7, 11) is 2.41. The van der Waals surface area contributed by atoms with Crippen LogP contribution in [0.2, 0.25) is 0 Å². The van der Waals surface area contributed by atoms with Gasteiger partial charge in [0.05, 0.1) is 24.9 Å². The normalized spacial score (nSPS) is 17.1.